The number of aromatic nitrogens is 1. The molecule has 3 aliphatic carbocycles. The first-order chi connectivity index (χ1) is 15.3. The summed E-state index contributed by atoms with van der Waals surface area (Å²) in [5.41, 5.74) is -1.18. The largest absolute Gasteiger partial charge is 0.358 e. The molecule has 168 valence electrons. The highest BCUT2D eigenvalue weighted by molar-refractivity contribution is 5.63. The van der Waals surface area contributed by atoms with Crippen molar-refractivity contribution in [1.29, 1.82) is 0 Å². The number of halogens is 4. The van der Waals surface area contributed by atoms with Gasteiger partial charge in [-0.2, -0.15) is 0 Å². The van der Waals surface area contributed by atoms with Gasteiger partial charge in [0.1, 0.15) is 11.6 Å². The average Bonchev–Trinajstić information content (AvgIpc) is 3.53. The maximum absolute atomic E-state index is 15.7. The molecule has 0 radical (unpaired) electrons. The van der Waals surface area contributed by atoms with Crippen molar-refractivity contribution in [2.45, 2.75) is 37.2 Å². The Hall–Kier alpha value is -2.25. The normalized spacial score (nSPS) is 33.8. The van der Waals surface area contributed by atoms with E-state index in [1.54, 1.807) is 6.20 Å². The SMILES string of the molecule is Fc1ccc(C2(C(F)(F)C34CC(CN5CC=C(c6ccccn6)CC5)(C3)C4)CO2)c(F)c1. The molecular formula is C25H24F4N2O. The molecule has 2 bridgehead atoms. The Balaban J connectivity index is 1.12. The third kappa shape index (κ3) is 2.76. The standard InChI is InChI=1S/C25H24F4N2O/c26-18-4-5-19(20(27)11-18)24(16-32-24)25(28,29)23-12-22(13-23,14-23)15-31-9-6-17(7-10-31)21-3-1-2-8-30-21/h1-6,8,11H,7,9-10,12-16H2. The minimum Gasteiger partial charge on any atom is -0.358 e. The van der Waals surface area contributed by atoms with Crippen molar-refractivity contribution in [2.75, 3.05) is 26.2 Å². The van der Waals surface area contributed by atoms with Crippen molar-refractivity contribution in [3.8, 4) is 0 Å². The zero-order chi connectivity index (χ0) is 22.2. The van der Waals surface area contributed by atoms with E-state index in [4.69, 9.17) is 4.74 Å². The van der Waals surface area contributed by atoms with Crippen LogP contribution in [0.1, 0.15) is 36.9 Å². The molecule has 7 rings (SSSR count). The molecule has 3 heterocycles. The minimum absolute atomic E-state index is 0.0861. The molecule has 2 aromatic rings. The van der Waals surface area contributed by atoms with Crippen LogP contribution in [0, 0.1) is 22.5 Å². The molecule has 2 aliphatic heterocycles. The van der Waals surface area contributed by atoms with Gasteiger partial charge in [-0.3, -0.25) is 9.88 Å². The predicted octanol–water partition coefficient (Wildman–Crippen LogP) is 5.18. The average molecular weight is 444 g/mol. The summed E-state index contributed by atoms with van der Waals surface area (Å²) in [6.07, 6.45) is 6.15. The first-order valence-electron chi connectivity index (χ1n) is 11.1. The van der Waals surface area contributed by atoms with Crippen molar-refractivity contribution in [2.24, 2.45) is 10.8 Å². The molecule has 1 saturated heterocycles. The molecule has 7 heteroatoms. The molecule has 3 saturated carbocycles. The van der Waals surface area contributed by atoms with Crippen molar-refractivity contribution in [3.05, 3.63) is 71.6 Å². The summed E-state index contributed by atoms with van der Waals surface area (Å²) in [6.45, 7) is 2.26. The van der Waals surface area contributed by atoms with E-state index >= 15 is 8.78 Å². The number of epoxide rings is 1. The Morgan fingerprint density at radius 3 is 2.47 bits per heavy atom. The second kappa shape index (κ2) is 6.64. The molecule has 1 unspecified atom stereocenters. The van der Waals surface area contributed by atoms with E-state index in [9.17, 15) is 8.78 Å². The molecular weight excluding hydrogens is 420 g/mol. The molecule has 1 atom stereocenters. The fourth-order valence-corrected chi connectivity index (χ4v) is 6.44. The second-order valence-corrected chi connectivity index (χ2v) is 10.1. The topological polar surface area (TPSA) is 28.7 Å². The van der Waals surface area contributed by atoms with Crippen LogP contribution in [0.3, 0.4) is 0 Å². The number of pyridine rings is 1. The number of nitrogens with zero attached hydrogens (tertiary/aromatic N) is 2. The molecule has 4 fully saturated rings. The first kappa shape index (κ1) is 20.4. The second-order valence-electron chi connectivity index (χ2n) is 10.1. The fraction of sp³-hybridized carbons (Fsp3) is 0.480. The summed E-state index contributed by atoms with van der Waals surface area (Å²) in [5, 5.41) is 0. The smallest absolute Gasteiger partial charge is 0.288 e. The number of rotatable bonds is 6. The summed E-state index contributed by atoms with van der Waals surface area (Å²) in [4.78, 5) is 6.74. The van der Waals surface area contributed by atoms with Gasteiger partial charge in [0.15, 0.2) is 5.60 Å². The Morgan fingerprint density at radius 2 is 1.88 bits per heavy atom. The van der Waals surface area contributed by atoms with Crippen LogP contribution in [-0.2, 0) is 10.3 Å². The van der Waals surface area contributed by atoms with E-state index in [2.05, 4.69) is 16.0 Å². The number of benzene rings is 1. The first-order valence-corrected chi connectivity index (χ1v) is 11.1. The molecule has 1 aromatic carbocycles. The summed E-state index contributed by atoms with van der Waals surface area (Å²) in [5.74, 6) is -4.93. The van der Waals surface area contributed by atoms with Crippen LogP contribution in [-0.4, -0.2) is 42.0 Å². The Labute approximate surface area is 184 Å². The van der Waals surface area contributed by atoms with Gasteiger partial charge in [0, 0.05) is 42.9 Å². The van der Waals surface area contributed by atoms with Crippen LogP contribution in [0.5, 0.6) is 0 Å². The van der Waals surface area contributed by atoms with Crippen LogP contribution in [0.4, 0.5) is 17.6 Å². The van der Waals surface area contributed by atoms with Gasteiger partial charge in [0.25, 0.3) is 5.92 Å². The lowest BCUT2D eigenvalue weighted by atomic mass is 9.32. The molecule has 0 amide bonds. The van der Waals surface area contributed by atoms with E-state index in [0.29, 0.717) is 25.3 Å². The van der Waals surface area contributed by atoms with Crippen LogP contribution in [0.15, 0.2) is 48.7 Å². The monoisotopic (exact) mass is 444 g/mol. The maximum Gasteiger partial charge on any atom is 0.288 e. The minimum atomic E-state index is -3.19. The molecule has 0 N–H and O–H groups in total. The van der Waals surface area contributed by atoms with E-state index < -0.39 is 28.6 Å². The number of hydrogen-bond acceptors (Lipinski definition) is 3. The van der Waals surface area contributed by atoms with E-state index in [0.717, 1.165) is 43.9 Å². The molecule has 3 nitrogen and oxygen atoms in total. The zero-order valence-corrected chi connectivity index (χ0v) is 17.6. The lowest BCUT2D eigenvalue weighted by Gasteiger charge is -2.74. The lowest BCUT2D eigenvalue weighted by molar-refractivity contribution is -0.338. The van der Waals surface area contributed by atoms with Gasteiger partial charge < -0.3 is 4.74 Å². The van der Waals surface area contributed by atoms with Gasteiger partial charge in [-0.05, 0) is 60.9 Å². The van der Waals surface area contributed by atoms with Gasteiger partial charge in [-0.1, -0.05) is 12.1 Å². The van der Waals surface area contributed by atoms with E-state index in [-0.39, 0.29) is 17.6 Å². The van der Waals surface area contributed by atoms with E-state index in [1.165, 1.54) is 5.57 Å². The van der Waals surface area contributed by atoms with Crippen LogP contribution in [0.2, 0.25) is 0 Å². The number of hydrogen-bond donors (Lipinski definition) is 0. The molecule has 32 heavy (non-hydrogen) atoms. The predicted molar refractivity (Wildman–Crippen MR) is 111 cm³/mol. The highest BCUT2D eigenvalue weighted by Gasteiger charge is 2.84. The summed E-state index contributed by atoms with van der Waals surface area (Å²) >= 11 is 0. The van der Waals surface area contributed by atoms with Crippen LogP contribution >= 0.6 is 0 Å². The highest BCUT2D eigenvalue weighted by Crippen LogP contribution is 2.81. The third-order valence-electron chi connectivity index (χ3n) is 7.96. The quantitative estimate of drug-likeness (QED) is 0.454. The van der Waals surface area contributed by atoms with E-state index in [1.807, 2.05) is 18.2 Å². The highest BCUT2D eigenvalue weighted by atomic mass is 19.3. The van der Waals surface area contributed by atoms with Gasteiger partial charge in [0.05, 0.1) is 12.3 Å². The zero-order valence-electron chi connectivity index (χ0n) is 17.6. The summed E-state index contributed by atoms with van der Waals surface area (Å²) < 4.78 is 64.1. The van der Waals surface area contributed by atoms with Crippen molar-refractivity contribution in [1.82, 2.24) is 9.88 Å². The molecule has 5 aliphatic rings. The summed E-state index contributed by atoms with van der Waals surface area (Å²) in [6, 6.07) is 8.66. The maximum atomic E-state index is 15.7. The summed E-state index contributed by atoms with van der Waals surface area (Å²) in [7, 11) is 0. The number of ether oxygens (including phenoxy) is 1. The van der Waals surface area contributed by atoms with Crippen LogP contribution < -0.4 is 0 Å². The van der Waals surface area contributed by atoms with Gasteiger partial charge >= 0.3 is 0 Å². The Bertz CT molecular complexity index is 1080. The van der Waals surface area contributed by atoms with Gasteiger partial charge in [0.2, 0.25) is 0 Å². The Kier molecular flexibility index (Phi) is 4.22. The van der Waals surface area contributed by atoms with Crippen LogP contribution in [0.25, 0.3) is 5.57 Å². The third-order valence-corrected chi connectivity index (χ3v) is 7.96. The van der Waals surface area contributed by atoms with Crippen molar-refractivity contribution < 1.29 is 22.3 Å². The van der Waals surface area contributed by atoms with Gasteiger partial charge in [-0.25, -0.2) is 17.6 Å². The molecule has 1 aromatic heterocycles. The fourth-order valence-electron chi connectivity index (χ4n) is 6.44. The lowest BCUT2D eigenvalue weighted by Crippen LogP contribution is -2.74. The van der Waals surface area contributed by atoms with Gasteiger partial charge in [-0.15, -0.1) is 0 Å². The van der Waals surface area contributed by atoms with Crippen molar-refractivity contribution >= 4 is 5.57 Å². The van der Waals surface area contributed by atoms with Crippen molar-refractivity contribution in [3.63, 3.8) is 0 Å². The Morgan fingerprint density at radius 1 is 1.09 bits per heavy atom. The number of alkyl halides is 2. The molecule has 0 spiro atoms.